The second-order valence-electron chi connectivity index (χ2n) is 6.13. The highest BCUT2D eigenvalue weighted by Gasteiger charge is 2.29. The third-order valence-corrected chi connectivity index (χ3v) is 6.27. The quantitative estimate of drug-likeness (QED) is 0.688. The van der Waals surface area contributed by atoms with Crippen LogP contribution in [0.15, 0.2) is 59.5 Å². The molecular weight excluding hydrogens is 353 g/mol. The predicted molar refractivity (Wildman–Crippen MR) is 98.1 cm³/mol. The number of halogens is 1. The number of hydrogen-bond donors (Lipinski definition) is 0. The molecular formula is C19H20FN3O2S. The Hall–Kier alpha value is -2.51. The maximum Gasteiger partial charge on any atom is 0.246 e. The number of aryl methyl sites for hydroxylation is 1. The summed E-state index contributed by atoms with van der Waals surface area (Å²) in [5.41, 5.74) is 2.42. The van der Waals surface area contributed by atoms with Crippen LogP contribution in [0.1, 0.15) is 17.0 Å². The number of nitrogens with zero attached hydrogens (tertiary/aromatic N) is 3. The summed E-state index contributed by atoms with van der Waals surface area (Å²) in [6.45, 7) is 3.63. The fourth-order valence-electron chi connectivity index (χ4n) is 2.92. The van der Waals surface area contributed by atoms with E-state index in [2.05, 4.69) is 5.10 Å². The minimum absolute atomic E-state index is 0.181. The summed E-state index contributed by atoms with van der Waals surface area (Å²) < 4.78 is 42.2. The molecule has 7 heteroatoms. The number of hydrogen-bond acceptors (Lipinski definition) is 3. The van der Waals surface area contributed by atoms with E-state index in [1.54, 1.807) is 33.0 Å². The van der Waals surface area contributed by atoms with Crippen LogP contribution in [0.25, 0.3) is 5.69 Å². The van der Waals surface area contributed by atoms with E-state index < -0.39 is 10.0 Å². The Morgan fingerprint density at radius 3 is 2.27 bits per heavy atom. The first kappa shape index (κ1) is 18.3. The molecule has 3 aromatic rings. The van der Waals surface area contributed by atoms with Gasteiger partial charge in [0.15, 0.2) is 0 Å². The van der Waals surface area contributed by atoms with E-state index in [1.165, 1.54) is 21.1 Å². The summed E-state index contributed by atoms with van der Waals surface area (Å²) in [5.74, 6) is -0.356. The van der Waals surface area contributed by atoms with Gasteiger partial charge in [-0.1, -0.05) is 30.3 Å². The van der Waals surface area contributed by atoms with Crippen LogP contribution in [0.4, 0.5) is 4.39 Å². The van der Waals surface area contributed by atoms with E-state index in [9.17, 15) is 12.8 Å². The van der Waals surface area contributed by atoms with E-state index in [4.69, 9.17) is 0 Å². The van der Waals surface area contributed by atoms with Gasteiger partial charge < -0.3 is 0 Å². The Morgan fingerprint density at radius 1 is 1.04 bits per heavy atom. The van der Waals surface area contributed by atoms with Gasteiger partial charge in [0.05, 0.1) is 17.1 Å². The Balaban J connectivity index is 1.99. The SMILES string of the molecule is Cc1nn(-c2ccc(F)cc2)c(C)c1S(=O)(=O)N(C)Cc1ccccc1. The molecule has 0 unspecified atom stereocenters. The number of rotatable bonds is 5. The summed E-state index contributed by atoms with van der Waals surface area (Å²) in [4.78, 5) is 0.181. The average Bonchev–Trinajstić information content (AvgIpc) is 2.91. The molecule has 0 atom stereocenters. The van der Waals surface area contributed by atoms with Crippen molar-refractivity contribution in [1.29, 1.82) is 0 Å². The highest BCUT2D eigenvalue weighted by atomic mass is 32.2. The highest BCUT2D eigenvalue weighted by molar-refractivity contribution is 7.89. The van der Waals surface area contributed by atoms with Crippen LogP contribution in [-0.4, -0.2) is 29.6 Å². The maximum absolute atomic E-state index is 13.2. The summed E-state index contributed by atoms with van der Waals surface area (Å²) in [6, 6.07) is 15.2. The van der Waals surface area contributed by atoms with E-state index in [1.807, 2.05) is 30.3 Å². The van der Waals surface area contributed by atoms with Gasteiger partial charge in [-0.2, -0.15) is 9.40 Å². The molecule has 0 fully saturated rings. The lowest BCUT2D eigenvalue weighted by molar-refractivity contribution is 0.466. The van der Waals surface area contributed by atoms with Gasteiger partial charge in [0.25, 0.3) is 0 Å². The van der Waals surface area contributed by atoms with Gasteiger partial charge in [0, 0.05) is 13.6 Å². The van der Waals surface area contributed by atoms with Crippen molar-refractivity contribution in [3.05, 3.63) is 77.4 Å². The van der Waals surface area contributed by atoms with Crippen molar-refractivity contribution in [1.82, 2.24) is 14.1 Å². The van der Waals surface area contributed by atoms with Crippen molar-refractivity contribution in [2.24, 2.45) is 0 Å². The summed E-state index contributed by atoms with van der Waals surface area (Å²) in [5, 5.41) is 4.35. The molecule has 0 N–H and O–H groups in total. The number of sulfonamides is 1. The standard InChI is InChI=1S/C19H20FN3O2S/c1-14-19(15(2)23(21-14)18-11-9-17(20)10-12-18)26(24,25)22(3)13-16-7-5-4-6-8-16/h4-12H,13H2,1-3H3. The normalized spacial score (nSPS) is 11.9. The molecule has 0 amide bonds. The van der Waals surface area contributed by atoms with Crippen molar-refractivity contribution in [3.8, 4) is 5.69 Å². The third kappa shape index (κ3) is 3.40. The Morgan fingerprint density at radius 2 is 1.65 bits per heavy atom. The molecule has 0 aliphatic carbocycles. The first-order valence-corrected chi connectivity index (χ1v) is 9.57. The monoisotopic (exact) mass is 373 g/mol. The zero-order valence-electron chi connectivity index (χ0n) is 14.8. The van der Waals surface area contributed by atoms with Crippen molar-refractivity contribution >= 4 is 10.0 Å². The fourth-order valence-corrected chi connectivity index (χ4v) is 4.42. The fraction of sp³-hybridized carbons (Fsp3) is 0.211. The minimum Gasteiger partial charge on any atom is -0.236 e. The largest absolute Gasteiger partial charge is 0.246 e. The van der Waals surface area contributed by atoms with Crippen LogP contribution in [0.3, 0.4) is 0 Å². The average molecular weight is 373 g/mol. The number of aromatic nitrogens is 2. The molecule has 0 aliphatic rings. The maximum atomic E-state index is 13.2. The zero-order chi connectivity index (χ0) is 18.9. The van der Waals surface area contributed by atoms with Crippen LogP contribution in [0.5, 0.6) is 0 Å². The van der Waals surface area contributed by atoms with Crippen LogP contribution in [-0.2, 0) is 16.6 Å². The van der Waals surface area contributed by atoms with Gasteiger partial charge in [0.2, 0.25) is 10.0 Å². The molecule has 0 saturated carbocycles. The van der Waals surface area contributed by atoms with E-state index in [0.717, 1.165) is 5.56 Å². The summed E-state index contributed by atoms with van der Waals surface area (Å²) in [6.07, 6.45) is 0. The van der Waals surface area contributed by atoms with Crippen LogP contribution in [0.2, 0.25) is 0 Å². The Labute approximate surface area is 152 Å². The number of benzene rings is 2. The first-order chi connectivity index (χ1) is 12.3. The minimum atomic E-state index is -3.72. The molecule has 136 valence electrons. The molecule has 0 bridgehead atoms. The van der Waals surface area contributed by atoms with E-state index in [-0.39, 0.29) is 17.3 Å². The Kier molecular flexibility index (Phi) is 4.93. The molecule has 0 saturated heterocycles. The van der Waals surface area contributed by atoms with Gasteiger partial charge in [-0.3, -0.25) is 0 Å². The molecule has 1 aromatic heterocycles. The lowest BCUT2D eigenvalue weighted by Gasteiger charge is -2.17. The smallest absolute Gasteiger partial charge is 0.236 e. The summed E-state index contributed by atoms with van der Waals surface area (Å²) >= 11 is 0. The van der Waals surface area contributed by atoms with Crippen molar-refractivity contribution in [3.63, 3.8) is 0 Å². The lowest BCUT2D eigenvalue weighted by atomic mass is 10.2. The topological polar surface area (TPSA) is 55.2 Å². The first-order valence-electron chi connectivity index (χ1n) is 8.13. The molecule has 1 heterocycles. The molecule has 3 rings (SSSR count). The van der Waals surface area contributed by atoms with Crippen LogP contribution < -0.4 is 0 Å². The van der Waals surface area contributed by atoms with Crippen molar-refractivity contribution < 1.29 is 12.8 Å². The predicted octanol–water partition coefficient (Wildman–Crippen LogP) is 3.45. The van der Waals surface area contributed by atoms with Gasteiger partial charge in [0.1, 0.15) is 10.7 Å². The molecule has 0 aliphatic heterocycles. The van der Waals surface area contributed by atoms with E-state index in [0.29, 0.717) is 17.1 Å². The van der Waals surface area contributed by atoms with Gasteiger partial charge >= 0.3 is 0 Å². The lowest BCUT2D eigenvalue weighted by Crippen LogP contribution is -2.27. The van der Waals surface area contributed by atoms with Crippen LogP contribution >= 0.6 is 0 Å². The second kappa shape index (κ2) is 7.01. The van der Waals surface area contributed by atoms with Crippen molar-refractivity contribution in [2.45, 2.75) is 25.3 Å². The molecule has 2 aromatic carbocycles. The highest BCUT2D eigenvalue weighted by Crippen LogP contribution is 2.26. The molecule has 26 heavy (non-hydrogen) atoms. The van der Waals surface area contributed by atoms with Crippen LogP contribution in [0, 0.1) is 19.7 Å². The van der Waals surface area contributed by atoms with Crippen molar-refractivity contribution in [2.75, 3.05) is 7.05 Å². The zero-order valence-corrected chi connectivity index (χ0v) is 15.7. The third-order valence-electron chi connectivity index (χ3n) is 4.21. The molecule has 0 radical (unpaired) electrons. The van der Waals surface area contributed by atoms with Gasteiger partial charge in [-0.25, -0.2) is 17.5 Å². The Bertz CT molecular complexity index is 1010. The molecule has 5 nitrogen and oxygen atoms in total. The van der Waals surface area contributed by atoms with Gasteiger partial charge in [-0.15, -0.1) is 0 Å². The second-order valence-corrected chi connectivity index (χ2v) is 8.12. The summed E-state index contributed by atoms with van der Waals surface area (Å²) in [7, 11) is -2.17. The van der Waals surface area contributed by atoms with Gasteiger partial charge in [-0.05, 0) is 43.7 Å². The molecule has 0 spiro atoms. The van der Waals surface area contributed by atoms with E-state index >= 15 is 0 Å².